The Morgan fingerprint density at radius 2 is 2.08 bits per heavy atom. The van der Waals surface area contributed by atoms with Crippen molar-refractivity contribution in [2.45, 2.75) is 39.7 Å². The average Bonchev–Trinajstić information content (AvgIpc) is 2.80. The molecule has 1 aromatic carbocycles. The van der Waals surface area contributed by atoms with Crippen molar-refractivity contribution < 1.29 is 13.9 Å². The quantitative estimate of drug-likeness (QED) is 0.639. The molecule has 1 aliphatic heterocycles. The zero-order valence-corrected chi connectivity index (χ0v) is 14.7. The number of aromatic nitrogens is 1. The minimum Gasteiger partial charge on any atom is -0.490 e. The first-order valence-electron chi connectivity index (χ1n) is 8.57. The number of hydrogen-bond donors (Lipinski definition) is 2. The number of anilines is 1. The smallest absolute Gasteiger partial charge is 0.194 e. The van der Waals surface area contributed by atoms with Crippen molar-refractivity contribution in [2.24, 2.45) is 10.7 Å². The van der Waals surface area contributed by atoms with Gasteiger partial charge in [-0.15, -0.1) is 0 Å². The molecule has 0 spiro atoms. The number of nitrogens with zero attached hydrogens (tertiary/aromatic N) is 2. The third-order valence-electron chi connectivity index (χ3n) is 3.81. The fraction of sp³-hybridized carbons (Fsp3) is 0.444. The van der Waals surface area contributed by atoms with Crippen LogP contribution in [0.15, 0.2) is 27.6 Å². The minimum atomic E-state index is 0.308. The zero-order valence-electron chi connectivity index (χ0n) is 14.7. The molecule has 2 heterocycles. The highest BCUT2D eigenvalue weighted by Crippen LogP contribution is 2.32. The van der Waals surface area contributed by atoms with Crippen LogP contribution in [0, 0.1) is 6.92 Å². The third kappa shape index (κ3) is 4.43. The molecule has 1 aromatic heterocycles. The Balaban J connectivity index is 1.64. The van der Waals surface area contributed by atoms with Gasteiger partial charge >= 0.3 is 0 Å². The molecule has 0 amide bonds. The number of aryl methyl sites for hydroxylation is 2. The van der Waals surface area contributed by atoms with Gasteiger partial charge in [-0.3, -0.25) is 0 Å². The Hall–Kier alpha value is -2.70. The van der Waals surface area contributed by atoms with Crippen LogP contribution >= 0.6 is 0 Å². The van der Waals surface area contributed by atoms with E-state index in [0.717, 1.165) is 48.0 Å². The number of rotatable bonds is 5. The summed E-state index contributed by atoms with van der Waals surface area (Å²) in [5.74, 6) is 3.26. The molecule has 0 saturated carbocycles. The van der Waals surface area contributed by atoms with Crippen molar-refractivity contribution in [3.8, 4) is 11.5 Å². The second kappa shape index (κ2) is 7.92. The molecule has 0 fully saturated rings. The molecule has 2 aromatic rings. The maximum Gasteiger partial charge on any atom is 0.194 e. The first kappa shape index (κ1) is 17.1. The number of ether oxygens (including phenoxy) is 2. The summed E-state index contributed by atoms with van der Waals surface area (Å²) in [6, 6.07) is 5.62. The van der Waals surface area contributed by atoms with Crippen LogP contribution in [0.2, 0.25) is 0 Å². The molecule has 134 valence electrons. The zero-order chi connectivity index (χ0) is 17.6. The lowest BCUT2D eigenvalue weighted by atomic mass is 10.3. The number of fused-ring (bicyclic) bond motifs is 1. The summed E-state index contributed by atoms with van der Waals surface area (Å²) < 4.78 is 17.0. The normalized spacial score (nSPS) is 14.2. The van der Waals surface area contributed by atoms with Crippen molar-refractivity contribution in [3.63, 3.8) is 0 Å². The van der Waals surface area contributed by atoms with E-state index in [1.165, 1.54) is 0 Å². The summed E-state index contributed by atoms with van der Waals surface area (Å²) in [4.78, 5) is 8.72. The number of benzene rings is 1. The van der Waals surface area contributed by atoms with Crippen molar-refractivity contribution in [3.05, 3.63) is 35.5 Å². The standard InChI is InChI=1S/C18H24N4O3/c1-3-5-17-21-12(2)16(25-17)11-20-18(19)22-13-6-7-14-15(10-13)24-9-4-8-23-14/h6-7,10H,3-5,8-9,11H2,1-2H3,(H3,19,20,22). The Morgan fingerprint density at radius 1 is 1.28 bits per heavy atom. The van der Waals surface area contributed by atoms with Crippen LogP contribution in [0.25, 0.3) is 0 Å². The van der Waals surface area contributed by atoms with Gasteiger partial charge in [-0.2, -0.15) is 0 Å². The van der Waals surface area contributed by atoms with E-state index in [0.29, 0.717) is 31.5 Å². The van der Waals surface area contributed by atoms with E-state index in [4.69, 9.17) is 19.6 Å². The van der Waals surface area contributed by atoms with Crippen molar-refractivity contribution >= 4 is 11.6 Å². The van der Waals surface area contributed by atoms with Crippen LogP contribution in [-0.4, -0.2) is 24.2 Å². The van der Waals surface area contributed by atoms with Gasteiger partial charge in [-0.25, -0.2) is 9.98 Å². The van der Waals surface area contributed by atoms with E-state index < -0.39 is 0 Å². The van der Waals surface area contributed by atoms with Crippen molar-refractivity contribution in [1.82, 2.24) is 4.98 Å². The van der Waals surface area contributed by atoms with Crippen LogP contribution in [-0.2, 0) is 13.0 Å². The number of guanidine groups is 1. The van der Waals surface area contributed by atoms with E-state index in [-0.39, 0.29) is 0 Å². The molecule has 0 atom stereocenters. The van der Waals surface area contributed by atoms with Gasteiger partial charge in [0.25, 0.3) is 0 Å². The first-order chi connectivity index (χ1) is 12.2. The van der Waals surface area contributed by atoms with E-state index in [1.807, 2.05) is 25.1 Å². The third-order valence-corrected chi connectivity index (χ3v) is 3.81. The highest BCUT2D eigenvalue weighted by Gasteiger charge is 2.11. The van der Waals surface area contributed by atoms with Gasteiger partial charge < -0.3 is 24.9 Å². The number of hydrogen-bond acceptors (Lipinski definition) is 5. The summed E-state index contributed by atoms with van der Waals surface area (Å²) in [5, 5.41) is 3.06. The maximum atomic E-state index is 5.98. The van der Waals surface area contributed by atoms with Crippen LogP contribution in [0.1, 0.15) is 37.1 Å². The molecular formula is C18H24N4O3. The van der Waals surface area contributed by atoms with Crippen molar-refractivity contribution in [2.75, 3.05) is 18.5 Å². The van der Waals surface area contributed by atoms with Crippen LogP contribution < -0.4 is 20.5 Å². The van der Waals surface area contributed by atoms with Gasteiger partial charge in [-0.05, 0) is 25.5 Å². The molecule has 0 bridgehead atoms. The lowest BCUT2D eigenvalue weighted by molar-refractivity contribution is 0.297. The fourth-order valence-corrected chi connectivity index (χ4v) is 2.54. The van der Waals surface area contributed by atoms with E-state index in [2.05, 4.69) is 22.2 Å². The van der Waals surface area contributed by atoms with E-state index in [9.17, 15) is 0 Å². The monoisotopic (exact) mass is 344 g/mol. The number of nitrogens with one attached hydrogen (secondary N) is 1. The van der Waals surface area contributed by atoms with E-state index >= 15 is 0 Å². The van der Waals surface area contributed by atoms with Gasteiger partial charge in [0.1, 0.15) is 12.3 Å². The second-order valence-electron chi connectivity index (χ2n) is 5.90. The molecule has 1 aliphatic rings. The van der Waals surface area contributed by atoms with Crippen LogP contribution in [0.5, 0.6) is 11.5 Å². The Bertz CT molecular complexity index is 755. The molecule has 0 radical (unpaired) electrons. The first-order valence-corrected chi connectivity index (χ1v) is 8.57. The fourth-order valence-electron chi connectivity index (χ4n) is 2.54. The largest absolute Gasteiger partial charge is 0.490 e. The Kier molecular flexibility index (Phi) is 5.42. The second-order valence-corrected chi connectivity index (χ2v) is 5.90. The SMILES string of the molecule is CCCc1nc(C)c(CN=C(N)Nc2ccc3c(c2)OCCCO3)o1. The average molecular weight is 344 g/mol. The number of oxazole rings is 1. The summed E-state index contributed by atoms with van der Waals surface area (Å²) >= 11 is 0. The minimum absolute atomic E-state index is 0.308. The summed E-state index contributed by atoms with van der Waals surface area (Å²) in [7, 11) is 0. The summed E-state index contributed by atoms with van der Waals surface area (Å²) in [6.45, 7) is 5.67. The molecule has 0 saturated heterocycles. The van der Waals surface area contributed by atoms with Crippen molar-refractivity contribution in [1.29, 1.82) is 0 Å². The number of aliphatic imine (C=N–C) groups is 1. The lowest BCUT2D eigenvalue weighted by Gasteiger charge is -2.10. The van der Waals surface area contributed by atoms with Gasteiger partial charge in [-0.1, -0.05) is 6.92 Å². The van der Waals surface area contributed by atoms with Crippen LogP contribution in [0.4, 0.5) is 5.69 Å². The maximum absolute atomic E-state index is 5.98. The molecule has 7 heteroatoms. The lowest BCUT2D eigenvalue weighted by Crippen LogP contribution is -2.22. The van der Waals surface area contributed by atoms with Gasteiger partial charge in [0.15, 0.2) is 23.3 Å². The predicted octanol–water partition coefficient (Wildman–Crippen LogP) is 3.02. The molecule has 3 N–H and O–H groups in total. The summed E-state index contributed by atoms with van der Waals surface area (Å²) in [6.07, 6.45) is 2.70. The topological polar surface area (TPSA) is 94.9 Å². The highest BCUT2D eigenvalue weighted by molar-refractivity contribution is 5.92. The van der Waals surface area contributed by atoms with E-state index in [1.54, 1.807) is 0 Å². The summed E-state index contributed by atoms with van der Waals surface area (Å²) in [5.41, 5.74) is 7.64. The molecule has 0 unspecified atom stereocenters. The van der Waals surface area contributed by atoms with Gasteiger partial charge in [0.2, 0.25) is 0 Å². The molecule has 0 aliphatic carbocycles. The predicted molar refractivity (Wildman–Crippen MR) is 96.2 cm³/mol. The van der Waals surface area contributed by atoms with Gasteiger partial charge in [0.05, 0.1) is 18.9 Å². The van der Waals surface area contributed by atoms with Gasteiger partial charge in [0, 0.05) is 24.6 Å². The Labute approximate surface area is 147 Å². The highest BCUT2D eigenvalue weighted by atomic mass is 16.5. The molecule has 7 nitrogen and oxygen atoms in total. The molecular weight excluding hydrogens is 320 g/mol. The molecule has 25 heavy (non-hydrogen) atoms. The molecule has 3 rings (SSSR count). The van der Waals surface area contributed by atoms with Crippen LogP contribution in [0.3, 0.4) is 0 Å². The Morgan fingerprint density at radius 3 is 2.88 bits per heavy atom. The number of nitrogens with two attached hydrogens (primary N) is 1.